The molecular weight excluding hydrogens is 238 g/mol. The van der Waals surface area contributed by atoms with Crippen molar-refractivity contribution >= 4 is 0 Å². The van der Waals surface area contributed by atoms with Crippen molar-refractivity contribution in [2.45, 2.75) is 25.8 Å². The van der Waals surface area contributed by atoms with Gasteiger partial charge in [0.15, 0.2) is 0 Å². The lowest BCUT2D eigenvalue weighted by Crippen LogP contribution is -2.16. The molecule has 1 aromatic carbocycles. The van der Waals surface area contributed by atoms with Crippen molar-refractivity contribution in [3.05, 3.63) is 42.5 Å². The van der Waals surface area contributed by atoms with Crippen molar-refractivity contribution in [1.29, 1.82) is 0 Å². The Labute approximate surface area is 113 Å². The number of hydrogen-bond acceptors (Lipinski definition) is 3. The van der Waals surface area contributed by atoms with Gasteiger partial charge in [-0.25, -0.2) is 4.98 Å². The van der Waals surface area contributed by atoms with Gasteiger partial charge in [-0.1, -0.05) is 12.1 Å². The van der Waals surface area contributed by atoms with Crippen LogP contribution in [0.2, 0.25) is 0 Å². The zero-order chi connectivity index (χ0) is 13.1. The molecule has 1 unspecified atom stereocenters. The zero-order valence-electron chi connectivity index (χ0n) is 11.2. The highest BCUT2D eigenvalue weighted by molar-refractivity contribution is 5.47. The van der Waals surface area contributed by atoms with E-state index in [4.69, 9.17) is 4.74 Å². The molecule has 0 amide bonds. The van der Waals surface area contributed by atoms with Crippen LogP contribution in [0.25, 0.3) is 5.69 Å². The summed E-state index contributed by atoms with van der Waals surface area (Å²) in [4.78, 5) is 4.31. The number of aromatic nitrogens is 2. The molecule has 0 spiro atoms. The monoisotopic (exact) mass is 257 g/mol. The summed E-state index contributed by atoms with van der Waals surface area (Å²) >= 11 is 0. The molecule has 4 heteroatoms. The normalized spacial score (nSPS) is 18.7. The predicted octanol–water partition coefficient (Wildman–Crippen LogP) is 2.70. The largest absolute Gasteiger partial charge is 0.492 e. The maximum Gasteiger partial charge on any atom is 0.143 e. The average Bonchev–Trinajstić information content (AvgIpc) is 3.10. The molecule has 1 N–H and O–H groups in total. The standard InChI is InChI=1S/C15H19N3O/c1-2-19-15-8-4-3-7-13(15)18-11-16-10-14(18)12-6-5-9-17-12/h3-4,7-8,10-12,17H,2,5-6,9H2,1H3. The molecule has 0 saturated carbocycles. The van der Waals surface area contributed by atoms with Crippen molar-refractivity contribution in [1.82, 2.24) is 14.9 Å². The summed E-state index contributed by atoms with van der Waals surface area (Å²) in [6, 6.07) is 8.51. The quantitative estimate of drug-likeness (QED) is 0.915. The summed E-state index contributed by atoms with van der Waals surface area (Å²) in [5, 5.41) is 3.52. The van der Waals surface area contributed by atoms with E-state index in [9.17, 15) is 0 Å². The van der Waals surface area contributed by atoms with Gasteiger partial charge in [0.2, 0.25) is 0 Å². The van der Waals surface area contributed by atoms with Crippen molar-refractivity contribution in [3.63, 3.8) is 0 Å². The molecule has 3 rings (SSSR count). The smallest absolute Gasteiger partial charge is 0.143 e. The van der Waals surface area contributed by atoms with Gasteiger partial charge in [0.25, 0.3) is 0 Å². The van der Waals surface area contributed by atoms with Crippen LogP contribution in [0.3, 0.4) is 0 Å². The minimum atomic E-state index is 0.400. The summed E-state index contributed by atoms with van der Waals surface area (Å²) < 4.78 is 7.84. The molecule has 0 aliphatic carbocycles. The molecule has 100 valence electrons. The second kappa shape index (κ2) is 5.45. The highest BCUT2D eigenvalue weighted by Gasteiger charge is 2.21. The Balaban J connectivity index is 2.00. The van der Waals surface area contributed by atoms with Crippen molar-refractivity contribution in [2.24, 2.45) is 0 Å². The Morgan fingerprint density at radius 1 is 1.42 bits per heavy atom. The Kier molecular flexibility index (Phi) is 3.51. The van der Waals surface area contributed by atoms with Gasteiger partial charge in [0.05, 0.1) is 30.5 Å². The zero-order valence-corrected chi connectivity index (χ0v) is 11.2. The maximum absolute atomic E-state index is 5.71. The number of benzene rings is 1. The Morgan fingerprint density at radius 2 is 2.32 bits per heavy atom. The van der Waals surface area contributed by atoms with Gasteiger partial charge in [0, 0.05) is 6.04 Å². The molecule has 1 saturated heterocycles. The lowest BCUT2D eigenvalue weighted by Gasteiger charge is -2.16. The molecule has 19 heavy (non-hydrogen) atoms. The molecule has 1 aliphatic rings. The molecule has 4 nitrogen and oxygen atoms in total. The maximum atomic E-state index is 5.71. The third-order valence-electron chi connectivity index (χ3n) is 3.51. The van der Waals surface area contributed by atoms with Crippen LogP contribution < -0.4 is 10.1 Å². The van der Waals surface area contributed by atoms with Gasteiger partial charge in [-0.05, 0) is 38.4 Å². The number of ether oxygens (including phenoxy) is 1. The lowest BCUT2D eigenvalue weighted by atomic mass is 10.1. The number of nitrogens with zero attached hydrogens (tertiary/aromatic N) is 2. The number of hydrogen-bond donors (Lipinski definition) is 1. The van der Waals surface area contributed by atoms with E-state index in [-0.39, 0.29) is 0 Å². The molecule has 2 aromatic rings. The molecule has 1 fully saturated rings. The average molecular weight is 257 g/mol. The van der Waals surface area contributed by atoms with E-state index in [1.807, 2.05) is 37.6 Å². The second-order valence-corrected chi connectivity index (χ2v) is 4.74. The van der Waals surface area contributed by atoms with Crippen LogP contribution in [0.15, 0.2) is 36.8 Å². The van der Waals surface area contributed by atoms with Crippen molar-refractivity contribution < 1.29 is 4.74 Å². The molecular formula is C15H19N3O. The van der Waals surface area contributed by atoms with E-state index in [1.165, 1.54) is 18.5 Å². The molecule has 0 radical (unpaired) electrons. The third kappa shape index (κ3) is 2.36. The first-order chi connectivity index (χ1) is 9.40. The number of rotatable bonds is 4. The lowest BCUT2D eigenvalue weighted by molar-refractivity contribution is 0.338. The van der Waals surface area contributed by atoms with Crippen LogP contribution in [0.4, 0.5) is 0 Å². The van der Waals surface area contributed by atoms with E-state index in [0.29, 0.717) is 12.6 Å². The van der Waals surface area contributed by atoms with E-state index in [0.717, 1.165) is 18.0 Å². The molecule has 0 bridgehead atoms. The summed E-state index contributed by atoms with van der Waals surface area (Å²) in [5.41, 5.74) is 2.27. The van der Waals surface area contributed by atoms with Gasteiger partial charge < -0.3 is 10.1 Å². The van der Waals surface area contributed by atoms with Crippen molar-refractivity contribution in [2.75, 3.05) is 13.2 Å². The van der Waals surface area contributed by atoms with Gasteiger partial charge in [-0.3, -0.25) is 4.57 Å². The molecule has 2 heterocycles. The van der Waals surface area contributed by atoms with E-state index in [2.05, 4.69) is 20.9 Å². The minimum Gasteiger partial charge on any atom is -0.492 e. The summed E-state index contributed by atoms with van der Waals surface area (Å²) in [7, 11) is 0. The number of nitrogens with one attached hydrogen (secondary N) is 1. The van der Waals surface area contributed by atoms with Crippen LogP contribution in [-0.2, 0) is 0 Å². The SMILES string of the molecule is CCOc1ccccc1-n1cncc1C1CCCN1. The van der Waals surface area contributed by atoms with Crippen LogP contribution >= 0.6 is 0 Å². The van der Waals surface area contributed by atoms with Crippen LogP contribution in [-0.4, -0.2) is 22.7 Å². The fourth-order valence-electron chi connectivity index (χ4n) is 2.64. The molecule has 1 aromatic heterocycles. The van der Waals surface area contributed by atoms with E-state index in [1.54, 1.807) is 0 Å². The first kappa shape index (κ1) is 12.2. The first-order valence-electron chi connectivity index (χ1n) is 6.88. The third-order valence-corrected chi connectivity index (χ3v) is 3.51. The Hall–Kier alpha value is -1.81. The summed E-state index contributed by atoms with van der Waals surface area (Å²) in [6.07, 6.45) is 6.21. The number of para-hydroxylation sites is 2. The van der Waals surface area contributed by atoms with Crippen LogP contribution in [0.5, 0.6) is 5.75 Å². The summed E-state index contributed by atoms with van der Waals surface area (Å²) in [6.45, 7) is 3.76. The highest BCUT2D eigenvalue weighted by Crippen LogP contribution is 2.29. The molecule has 1 atom stereocenters. The van der Waals surface area contributed by atoms with Crippen LogP contribution in [0.1, 0.15) is 31.5 Å². The van der Waals surface area contributed by atoms with E-state index < -0.39 is 0 Å². The highest BCUT2D eigenvalue weighted by atomic mass is 16.5. The van der Waals surface area contributed by atoms with Crippen molar-refractivity contribution in [3.8, 4) is 11.4 Å². The fourth-order valence-corrected chi connectivity index (χ4v) is 2.64. The number of imidazole rings is 1. The van der Waals surface area contributed by atoms with Gasteiger partial charge >= 0.3 is 0 Å². The minimum absolute atomic E-state index is 0.400. The fraction of sp³-hybridized carbons (Fsp3) is 0.400. The van der Waals surface area contributed by atoms with E-state index >= 15 is 0 Å². The Morgan fingerprint density at radius 3 is 3.11 bits per heavy atom. The van der Waals surface area contributed by atoms with Gasteiger partial charge in [0.1, 0.15) is 5.75 Å². The second-order valence-electron chi connectivity index (χ2n) is 4.74. The first-order valence-corrected chi connectivity index (χ1v) is 6.88. The topological polar surface area (TPSA) is 39.1 Å². The van der Waals surface area contributed by atoms with Crippen LogP contribution in [0, 0.1) is 0 Å². The summed E-state index contributed by atoms with van der Waals surface area (Å²) in [5.74, 6) is 0.905. The Bertz CT molecular complexity index is 544. The van der Waals surface area contributed by atoms with Gasteiger partial charge in [-0.2, -0.15) is 0 Å². The predicted molar refractivity (Wildman–Crippen MR) is 74.7 cm³/mol. The molecule has 1 aliphatic heterocycles. The van der Waals surface area contributed by atoms with Gasteiger partial charge in [-0.15, -0.1) is 0 Å².